The van der Waals surface area contributed by atoms with E-state index in [2.05, 4.69) is 25.6 Å². The Morgan fingerprint density at radius 3 is 2.27 bits per heavy atom. The number of nitro groups is 1. The Bertz CT molecular complexity index is 974. The van der Waals surface area contributed by atoms with Crippen molar-refractivity contribution in [1.29, 1.82) is 0 Å². The van der Waals surface area contributed by atoms with Crippen LogP contribution in [0.2, 0.25) is 0 Å². The standard InChI is InChI=1S/C18H18N6O2/c1-11-6-7-14(9-13(11)3)22-17-15(24(25)26)18(21-10-20-17)23-16-12(2)5-4-8-19-16/h4-10H,1-3H3,(H2,19,20,21,22,23). The molecule has 0 radical (unpaired) electrons. The largest absolute Gasteiger partial charge is 0.353 e. The molecule has 0 saturated heterocycles. The molecule has 3 rings (SSSR count). The van der Waals surface area contributed by atoms with Gasteiger partial charge in [-0.3, -0.25) is 10.1 Å². The van der Waals surface area contributed by atoms with Gasteiger partial charge in [-0.15, -0.1) is 0 Å². The number of anilines is 4. The fourth-order valence-electron chi connectivity index (χ4n) is 2.42. The van der Waals surface area contributed by atoms with E-state index in [0.717, 1.165) is 22.4 Å². The summed E-state index contributed by atoms with van der Waals surface area (Å²) < 4.78 is 0. The third kappa shape index (κ3) is 3.59. The fourth-order valence-corrected chi connectivity index (χ4v) is 2.42. The Morgan fingerprint density at radius 1 is 0.885 bits per heavy atom. The topological polar surface area (TPSA) is 106 Å². The molecule has 0 amide bonds. The van der Waals surface area contributed by atoms with Crippen molar-refractivity contribution in [2.75, 3.05) is 10.6 Å². The van der Waals surface area contributed by atoms with Gasteiger partial charge < -0.3 is 10.6 Å². The zero-order valence-corrected chi connectivity index (χ0v) is 14.6. The minimum atomic E-state index is -0.510. The number of hydrogen-bond donors (Lipinski definition) is 2. The third-order valence-electron chi connectivity index (χ3n) is 4.02. The third-order valence-corrected chi connectivity index (χ3v) is 4.02. The summed E-state index contributed by atoms with van der Waals surface area (Å²) in [4.78, 5) is 23.4. The number of aryl methyl sites for hydroxylation is 3. The van der Waals surface area contributed by atoms with Crippen molar-refractivity contribution in [2.24, 2.45) is 0 Å². The van der Waals surface area contributed by atoms with Crippen molar-refractivity contribution in [3.63, 3.8) is 0 Å². The first-order chi connectivity index (χ1) is 12.5. The highest BCUT2D eigenvalue weighted by Crippen LogP contribution is 2.33. The van der Waals surface area contributed by atoms with Crippen molar-refractivity contribution in [2.45, 2.75) is 20.8 Å². The predicted octanol–water partition coefficient (Wildman–Crippen LogP) is 4.19. The van der Waals surface area contributed by atoms with Crippen LogP contribution in [0.4, 0.5) is 28.8 Å². The van der Waals surface area contributed by atoms with Gasteiger partial charge in [-0.1, -0.05) is 12.1 Å². The average Bonchev–Trinajstić information content (AvgIpc) is 2.60. The van der Waals surface area contributed by atoms with Gasteiger partial charge in [-0.05, 0) is 55.7 Å². The number of hydrogen-bond acceptors (Lipinski definition) is 7. The molecule has 0 aliphatic carbocycles. The van der Waals surface area contributed by atoms with E-state index in [-0.39, 0.29) is 17.3 Å². The van der Waals surface area contributed by atoms with Crippen LogP contribution in [0.3, 0.4) is 0 Å². The highest BCUT2D eigenvalue weighted by Gasteiger charge is 2.24. The molecular weight excluding hydrogens is 332 g/mol. The lowest BCUT2D eigenvalue weighted by molar-refractivity contribution is -0.383. The zero-order chi connectivity index (χ0) is 18.7. The average molecular weight is 350 g/mol. The Kier molecular flexibility index (Phi) is 4.74. The molecule has 0 atom stereocenters. The van der Waals surface area contributed by atoms with E-state index in [1.807, 2.05) is 45.0 Å². The van der Waals surface area contributed by atoms with E-state index < -0.39 is 4.92 Å². The molecule has 0 fully saturated rings. The smallest absolute Gasteiger partial charge is 0.334 e. The van der Waals surface area contributed by atoms with E-state index >= 15 is 0 Å². The summed E-state index contributed by atoms with van der Waals surface area (Å²) in [6, 6.07) is 9.36. The Balaban J connectivity index is 1.99. The second-order valence-electron chi connectivity index (χ2n) is 5.89. The first-order valence-electron chi connectivity index (χ1n) is 7.98. The van der Waals surface area contributed by atoms with Crippen LogP contribution in [-0.4, -0.2) is 19.9 Å². The van der Waals surface area contributed by atoms with Crippen LogP contribution in [0.25, 0.3) is 0 Å². The van der Waals surface area contributed by atoms with Crippen LogP contribution in [0.5, 0.6) is 0 Å². The number of nitrogens with zero attached hydrogens (tertiary/aromatic N) is 4. The lowest BCUT2D eigenvalue weighted by Crippen LogP contribution is -2.06. The van der Waals surface area contributed by atoms with Gasteiger partial charge in [0.15, 0.2) is 0 Å². The van der Waals surface area contributed by atoms with Crippen molar-refractivity contribution < 1.29 is 4.92 Å². The summed E-state index contributed by atoms with van der Waals surface area (Å²) in [6.07, 6.45) is 2.88. The molecule has 3 aromatic rings. The maximum absolute atomic E-state index is 11.7. The normalized spacial score (nSPS) is 10.4. The van der Waals surface area contributed by atoms with E-state index in [4.69, 9.17) is 0 Å². The van der Waals surface area contributed by atoms with Gasteiger partial charge in [-0.2, -0.15) is 0 Å². The lowest BCUT2D eigenvalue weighted by Gasteiger charge is -2.11. The summed E-state index contributed by atoms with van der Waals surface area (Å²) in [5, 5.41) is 17.6. The lowest BCUT2D eigenvalue weighted by atomic mass is 10.1. The van der Waals surface area contributed by atoms with E-state index in [1.165, 1.54) is 6.33 Å². The quantitative estimate of drug-likeness (QED) is 0.525. The minimum absolute atomic E-state index is 0.0816. The van der Waals surface area contributed by atoms with E-state index in [1.54, 1.807) is 12.3 Å². The molecule has 0 unspecified atom stereocenters. The first-order valence-corrected chi connectivity index (χ1v) is 7.98. The highest BCUT2D eigenvalue weighted by atomic mass is 16.6. The summed E-state index contributed by atoms with van der Waals surface area (Å²) in [6.45, 7) is 5.84. The maximum atomic E-state index is 11.7. The van der Waals surface area contributed by atoms with Gasteiger partial charge in [-0.25, -0.2) is 15.0 Å². The Hall–Kier alpha value is -3.55. The van der Waals surface area contributed by atoms with Gasteiger partial charge in [0.25, 0.3) is 0 Å². The molecule has 8 nitrogen and oxygen atoms in total. The molecule has 2 heterocycles. The maximum Gasteiger partial charge on any atom is 0.353 e. The molecule has 0 spiro atoms. The fraction of sp³-hybridized carbons (Fsp3) is 0.167. The van der Waals surface area contributed by atoms with E-state index in [9.17, 15) is 10.1 Å². The molecule has 0 aliphatic heterocycles. The molecule has 132 valence electrons. The van der Waals surface area contributed by atoms with Crippen LogP contribution in [-0.2, 0) is 0 Å². The van der Waals surface area contributed by atoms with Crippen LogP contribution in [0, 0.1) is 30.9 Å². The monoisotopic (exact) mass is 350 g/mol. The van der Waals surface area contributed by atoms with Crippen molar-refractivity contribution in [3.05, 3.63) is 69.7 Å². The number of pyridine rings is 1. The highest BCUT2D eigenvalue weighted by molar-refractivity contribution is 5.76. The summed E-state index contributed by atoms with van der Waals surface area (Å²) in [5.74, 6) is 0.703. The van der Waals surface area contributed by atoms with Crippen molar-refractivity contribution in [3.8, 4) is 0 Å². The Morgan fingerprint density at radius 2 is 1.62 bits per heavy atom. The molecule has 2 aromatic heterocycles. The summed E-state index contributed by atoms with van der Waals surface area (Å²) in [5.41, 5.74) is 3.55. The molecule has 0 bridgehead atoms. The minimum Gasteiger partial charge on any atom is -0.334 e. The summed E-state index contributed by atoms with van der Waals surface area (Å²) >= 11 is 0. The number of aromatic nitrogens is 3. The Labute approximate surface area is 150 Å². The number of benzene rings is 1. The van der Waals surface area contributed by atoms with Crippen LogP contribution < -0.4 is 10.6 Å². The molecular formula is C18H18N6O2. The van der Waals surface area contributed by atoms with Crippen molar-refractivity contribution in [1.82, 2.24) is 15.0 Å². The van der Waals surface area contributed by atoms with Gasteiger partial charge in [0, 0.05) is 11.9 Å². The van der Waals surface area contributed by atoms with Crippen molar-refractivity contribution >= 4 is 28.8 Å². The SMILES string of the molecule is Cc1ccc(Nc2ncnc(Nc3ncccc3C)c2[N+](=O)[O-])cc1C. The molecule has 26 heavy (non-hydrogen) atoms. The molecule has 2 N–H and O–H groups in total. The molecule has 1 aromatic carbocycles. The number of nitrogens with one attached hydrogen (secondary N) is 2. The molecule has 0 saturated carbocycles. The van der Waals surface area contributed by atoms with Crippen LogP contribution in [0.1, 0.15) is 16.7 Å². The van der Waals surface area contributed by atoms with Gasteiger partial charge in [0.2, 0.25) is 11.6 Å². The first kappa shape index (κ1) is 17.3. The number of rotatable bonds is 5. The van der Waals surface area contributed by atoms with Crippen LogP contribution in [0.15, 0.2) is 42.9 Å². The van der Waals surface area contributed by atoms with Gasteiger partial charge in [0.05, 0.1) is 4.92 Å². The second kappa shape index (κ2) is 7.14. The zero-order valence-electron chi connectivity index (χ0n) is 14.6. The molecule has 0 aliphatic rings. The van der Waals surface area contributed by atoms with E-state index in [0.29, 0.717) is 5.82 Å². The van der Waals surface area contributed by atoms with Gasteiger partial charge >= 0.3 is 5.69 Å². The van der Waals surface area contributed by atoms with Gasteiger partial charge in [0.1, 0.15) is 12.1 Å². The second-order valence-corrected chi connectivity index (χ2v) is 5.89. The predicted molar refractivity (Wildman–Crippen MR) is 100 cm³/mol. The molecule has 8 heteroatoms. The summed E-state index contributed by atoms with van der Waals surface area (Å²) in [7, 11) is 0. The van der Waals surface area contributed by atoms with Crippen LogP contribution >= 0.6 is 0 Å².